The van der Waals surface area contributed by atoms with E-state index in [1.54, 1.807) is 6.07 Å². The van der Waals surface area contributed by atoms with Crippen LogP contribution in [0.3, 0.4) is 0 Å². The largest absolute Gasteiger partial charge is 0.357 e. The standard InChI is InChI=1S/C16H26N4O2S.HI/c1-3-17-16(19-14-9-5-6-10-14)18-12-13-8-4-7-11-15(13)20-23(2,21)22;/h4,7-8,11,14,20H,3,5-6,9-10,12H2,1-2H3,(H2,17,18,19);1H. The number of sulfonamides is 1. The van der Waals surface area contributed by atoms with Crippen LogP contribution in [0.2, 0.25) is 0 Å². The van der Waals surface area contributed by atoms with E-state index < -0.39 is 10.0 Å². The molecule has 1 fully saturated rings. The summed E-state index contributed by atoms with van der Waals surface area (Å²) >= 11 is 0. The van der Waals surface area contributed by atoms with E-state index in [0.717, 1.165) is 24.3 Å². The summed E-state index contributed by atoms with van der Waals surface area (Å²) in [6.07, 6.45) is 6.03. The fourth-order valence-corrected chi connectivity index (χ4v) is 3.30. The van der Waals surface area contributed by atoms with Crippen molar-refractivity contribution in [3.05, 3.63) is 29.8 Å². The summed E-state index contributed by atoms with van der Waals surface area (Å²) in [6.45, 7) is 3.24. The Hall–Kier alpha value is -1.03. The molecule has 6 nitrogen and oxygen atoms in total. The maximum absolute atomic E-state index is 11.5. The Bertz CT molecular complexity index is 643. The predicted octanol–water partition coefficient (Wildman–Crippen LogP) is 2.67. The first-order valence-electron chi connectivity index (χ1n) is 8.08. The first-order valence-corrected chi connectivity index (χ1v) is 9.97. The first kappa shape index (κ1) is 21.0. The van der Waals surface area contributed by atoms with Gasteiger partial charge in [-0.2, -0.15) is 0 Å². The highest BCUT2D eigenvalue weighted by atomic mass is 127. The summed E-state index contributed by atoms with van der Waals surface area (Å²) in [5, 5.41) is 6.70. The molecule has 24 heavy (non-hydrogen) atoms. The number of anilines is 1. The van der Waals surface area contributed by atoms with Crippen LogP contribution in [0.5, 0.6) is 0 Å². The summed E-state index contributed by atoms with van der Waals surface area (Å²) in [5.41, 5.74) is 1.43. The summed E-state index contributed by atoms with van der Waals surface area (Å²) in [4.78, 5) is 4.60. The van der Waals surface area contributed by atoms with Crippen molar-refractivity contribution in [2.45, 2.75) is 45.2 Å². The average molecular weight is 466 g/mol. The number of benzene rings is 1. The molecular weight excluding hydrogens is 439 g/mol. The van der Waals surface area contributed by atoms with E-state index in [2.05, 4.69) is 20.3 Å². The van der Waals surface area contributed by atoms with E-state index in [1.165, 1.54) is 25.7 Å². The van der Waals surface area contributed by atoms with Crippen LogP contribution in [-0.4, -0.2) is 33.2 Å². The second kappa shape index (κ2) is 10.1. The summed E-state index contributed by atoms with van der Waals surface area (Å²) in [7, 11) is -3.30. The topological polar surface area (TPSA) is 82.6 Å². The van der Waals surface area contributed by atoms with Crippen LogP contribution in [0.4, 0.5) is 5.69 Å². The zero-order chi connectivity index (χ0) is 16.7. The third-order valence-electron chi connectivity index (χ3n) is 3.76. The number of rotatable bonds is 6. The number of halogens is 1. The molecule has 1 saturated carbocycles. The number of nitrogens with zero attached hydrogens (tertiary/aromatic N) is 1. The molecule has 0 unspecified atom stereocenters. The van der Waals surface area contributed by atoms with Crippen LogP contribution in [0.1, 0.15) is 38.2 Å². The van der Waals surface area contributed by atoms with Crippen LogP contribution < -0.4 is 15.4 Å². The number of para-hydroxylation sites is 1. The summed E-state index contributed by atoms with van der Waals surface area (Å²) in [5.74, 6) is 0.786. The van der Waals surface area contributed by atoms with E-state index in [-0.39, 0.29) is 24.0 Å². The Balaban J connectivity index is 0.00000288. The predicted molar refractivity (Wildman–Crippen MR) is 111 cm³/mol. The number of hydrogen-bond acceptors (Lipinski definition) is 3. The summed E-state index contributed by atoms with van der Waals surface area (Å²) in [6, 6.07) is 7.81. The van der Waals surface area contributed by atoms with Crippen LogP contribution in [0, 0.1) is 0 Å². The second-order valence-electron chi connectivity index (χ2n) is 5.85. The van der Waals surface area contributed by atoms with Gasteiger partial charge in [0.25, 0.3) is 0 Å². The smallest absolute Gasteiger partial charge is 0.229 e. The van der Waals surface area contributed by atoms with Crippen LogP contribution in [0.15, 0.2) is 29.3 Å². The lowest BCUT2D eigenvalue weighted by molar-refractivity contribution is 0.606. The number of aliphatic imine (C=N–C) groups is 1. The third-order valence-corrected chi connectivity index (χ3v) is 4.35. The van der Waals surface area contributed by atoms with Crippen molar-refractivity contribution in [2.24, 2.45) is 4.99 Å². The lowest BCUT2D eigenvalue weighted by Crippen LogP contribution is -2.42. The Labute approximate surface area is 162 Å². The first-order chi connectivity index (χ1) is 11.0. The molecule has 0 radical (unpaired) electrons. The number of nitrogens with one attached hydrogen (secondary N) is 3. The van der Waals surface area contributed by atoms with Gasteiger partial charge in [-0.05, 0) is 31.4 Å². The van der Waals surface area contributed by atoms with Gasteiger partial charge in [0, 0.05) is 12.6 Å². The lowest BCUT2D eigenvalue weighted by Gasteiger charge is -2.17. The molecule has 0 aromatic heterocycles. The van der Waals surface area contributed by atoms with Gasteiger partial charge in [-0.25, -0.2) is 13.4 Å². The lowest BCUT2D eigenvalue weighted by atomic mass is 10.2. The minimum atomic E-state index is -3.30. The molecule has 1 aliphatic rings. The Kier molecular flexibility index (Phi) is 8.82. The van der Waals surface area contributed by atoms with Gasteiger partial charge < -0.3 is 10.6 Å². The van der Waals surface area contributed by atoms with Crippen LogP contribution in [-0.2, 0) is 16.6 Å². The van der Waals surface area contributed by atoms with Gasteiger partial charge in [0.1, 0.15) is 0 Å². The minimum Gasteiger partial charge on any atom is -0.357 e. The monoisotopic (exact) mass is 466 g/mol. The normalized spacial score (nSPS) is 15.7. The SMILES string of the molecule is CCNC(=NCc1ccccc1NS(C)(=O)=O)NC1CCCC1.I. The molecule has 0 aliphatic heterocycles. The van der Waals surface area contributed by atoms with E-state index in [4.69, 9.17) is 0 Å². The maximum Gasteiger partial charge on any atom is 0.229 e. The maximum atomic E-state index is 11.5. The van der Waals surface area contributed by atoms with Gasteiger partial charge in [-0.1, -0.05) is 31.0 Å². The molecule has 1 aliphatic carbocycles. The van der Waals surface area contributed by atoms with Crippen molar-refractivity contribution in [1.82, 2.24) is 10.6 Å². The van der Waals surface area contributed by atoms with Crippen molar-refractivity contribution < 1.29 is 8.42 Å². The number of guanidine groups is 1. The average Bonchev–Trinajstić information content (AvgIpc) is 2.98. The minimum absolute atomic E-state index is 0. The molecule has 0 spiro atoms. The molecule has 0 bridgehead atoms. The fourth-order valence-electron chi connectivity index (χ4n) is 2.71. The van der Waals surface area contributed by atoms with E-state index in [1.807, 2.05) is 25.1 Å². The van der Waals surface area contributed by atoms with Crippen molar-refractivity contribution in [3.8, 4) is 0 Å². The highest BCUT2D eigenvalue weighted by Crippen LogP contribution is 2.19. The molecule has 0 saturated heterocycles. The zero-order valence-electron chi connectivity index (χ0n) is 14.2. The van der Waals surface area contributed by atoms with Gasteiger partial charge in [0.15, 0.2) is 5.96 Å². The molecule has 136 valence electrons. The Morgan fingerprint density at radius 3 is 2.54 bits per heavy atom. The van der Waals surface area contributed by atoms with Crippen molar-refractivity contribution in [2.75, 3.05) is 17.5 Å². The molecule has 0 heterocycles. The van der Waals surface area contributed by atoms with Gasteiger partial charge in [-0.15, -0.1) is 24.0 Å². The highest BCUT2D eigenvalue weighted by molar-refractivity contribution is 14.0. The molecule has 2 rings (SSSR count). The van der Waals surface area contributed by atoms with E-state index in [0.29, 0.717) is 18.3 Å². The molecule has 8 heteroatoms. The Morgan fingerprint density at radius 1 is 1.25 bits per heavy atom. The van der Waals surface area contributed by atoms with Crippen LogP contribution >= 0.6 is 24.0 Å². The van der Waals surface area contributed by atoms with Crippen molar-refractivity contribution >= 4 is 45.6 Å². The van der Waals surface area contributed by atoms with Crippen molar-refractivity contribution in [3.63, 3.8) is 0 Å². The quantitative estimate of drug-likeness (QED) is 0.342. The molecule has 0 atom stereocenters. The van der Waals surface area contributed by atoms with Crippen LogP contribution in [0.25, 0.3) is 0 Å². The van der Waals surface area contributed by atoms with Gasteiger partial charge in [-0.3, -0.25) is 4.72 Å². The summed E-state index contributed by atoms with van der Waals surface area (Å²) < 4.78 is 25.4. The molecule has 1 aromatic rings. The van der Waals surface area contributed by atoms with Gasteiger partial charge in [0.2, 0.25) is 10.0 Å². The zero-order valence-corrected chi connectivity index (χ0v) is 17.4. The number of hydrogen-bond donors (Lipinski definition) is 3. The molecule has 0 amide bonds. The molecule has 3 N–H and O–H groups in total. The Morgan fingerprint density at radius 2 is 1.92 bits per heavy atom. The van der Waals surface area contributed by atoms with Gasteiger partial charge in [0.05, 0.1) is 18.5 Å². The van der Waals surface area contributed by atoms with E-state index >= 15 is 0 Å². The molecular formula is C16H27IN4O2S. The highest BCUT2D eigenvalue weighted by Gasteiger charge is 2.16. The third kappa shape index (κ3) is 7.25. The second-order valence-corrected chi connectivity index (χ2v) is 7.60. The fraction of sp³-hybridized carbons (Fsp3) is 0.562. The van der Waals surface area contributed by atoms with Gasteiger partial charge >= 0.3 is 0 Å². The van der Waals surface area contributed by atoms with E-state index in [9.17, 15) is 8.42 Å². The van der Waals surface area contributed by atoms with Crippen molar-refractivity contribution in [1.29, 1.82) is 0 Å². The molecule has 1 aromatic carbocycles.